The van der Waals surface area contributed by atoms with Crippen molar-refractivity contribution in [3.8, 4) is 0 Å². The molecule has 0 spiro atoms. The zero-order valence-corrected chi connectivity index (χ0v) is 17.4. The molecule has 1 heterocycles. The van der Waals surface area contributed by atoms with Crippen molar-refractivity contribution in [3.63, 3.8) is 0 Å². The van der Waals surface area contributed by atoms with Crippen LogP contribution in [0.4, 0.5) is 11.4 Å². The molecule has 0 aliphatic carbocycles. The van der Waals surface area contributed by atoms with Gasteiger partial charge in [-0.25, -0.2) is 8.42 Å². The standard InChI is InChI=1S/C21H17ClN4O3S/c1-13-3-2-4-16(9-13)26-30(28,29)17-6-7-19(22)18(11-17)21(27)24-15-5-8-20-14(10-15)12-23-25-20/h2-12,26H,1H3,(H,23,25)(H,24,27). The number of halogens is 1. The third-order valence-electron chi connectivity index (χ3n) is 4.46. The molecule has 3 aromatic carbocycles. The summed E-state index contributed by atoms with van der Waals surface area (Å²) in [5.74, 6) is -0.518. The van der Waals surface area contributed by atoms with Gasteiger partial charge in [-0.1, -0.05) is 23.7 Å². The summed E-state index contributed by atoms with van der Waals surface area (Å²) in [6.45, 7) is 1.86. The maximum absolute atomic E-state index is 12.8. The van der Waals surface area contributed by atoms with Crippen LogP contribution in [0, 0.1) is 6.92 Å². The van der Waals surface area contributed by atoms with Gasteiger partial charge in [0, 0.05) is 16.8 Å². The van der Waals surface area contributed by atoms with E-state index in [1.165, 1.54) is 18.2 Å². The molecule has 4 aromatic rings. The van der Waals surface area contributed by atoms with Gasteiger partial charge in [0.25, 0.3) is 15.9 Å². The third kappa shape index (κ3) is 4.14. The molecule has 0 aliphatic heterocycles. The van der Waals surface area contributed by atoms with E-state index >= 15 is 0 Å². The summed E-state index contributed by atoms with van der Waals surface area (Å²) in [4.78, 5) is 12.7. The zero-order valence-electron chi connectivity index (χ0n) is 15.8. The third-order valence-corrected chi connectivity index (χ3v) is 6.17. The van der Waals surface area contributed by atoms with E-state index in [2.05, 4.69) is 20.2 Å². The number of hydrogen-bond donors (Lipinski definition) is 3. The van der Waals surface area contributed by atoms with Crippen LogP contribution in [-0.4, -0.2) is 24.5 Å². The van der Waals surface area contributed by atoms with Gasteiger partial charge in [-0.15, -0.1) is 0 Å². The highest BCUT2D eigenvalue weighted by molar-refractivity contribution is 7.92. The van der Waals surface area contributed by atoms with E-state index in [4.69, 9.17) is 11.6 Å². The number of nitrogens with zero attached hydrogens (tertiary/aromatic N) is 1. The summed E-state index contributed by atoms with van der Waals surface area (Å²) in [6, 6.07) is 16.2. The number of carbonyl (C=O) groups excluding carboxylic acids is 1. The quantitative estimate of drug-likeness (QED) is 0.422. The Kier molecular flexibility index (Phi) is 5.19. The van der Waals surface area contributed by atoms with E-state index in [1.54, 1.807) is 42.6 Å². The Bertz CT molecular complexity index is 1370. The number of aromatic nitrogens is 2. The maximum Gasteiger partial charge on any atom is 0.261 e. The summed E-state index contributed by atoms with van der Waals surface area (Å²) >= 11 is 6.17. The molecule has 0 aliphatic rings. The second-order valence-corrected chi connectivity index (χ2v) is 8.83. The normalized spacial score (nSPS) is 11.4. The molecule has 3 N–H and O–H groups in total. The van der Waals surface area contributed by atoms with Crippen molar-refractivity contribution in [1.29, 1.82) is 0 Å². The Morgan fingerprint density at radius 2 is 1.87 bits per heavy atom. The minimum atomic E-state index is -3.90. The van der Waals surface area contributed by atoms with Gasteiger partial charge in [0.15, 0.2) is 0 Å². The fourth-order valence-corrected chi connectivity index (χ4v) is 4.27. The minimum Gasteiger partial charge on any atom is -0.322 e. The molecule has 0 fully saturated rings. The van der Waals surface area contributed by atoms with Crippen molar-refractivity contribution in [2.24, 2.45) is 0 Å². The van der Waals surface area contributed by atoms with Crippen LogP contribution < -0.4 is 10.0 Å². The lowest BCUT2D eigenvalue weighted by atomic mass is 10.2. The van der Waals surface area contributed by atoms with Crippen molar-refractivity contribution in [2.75, 3.05) is 10.0 Å². The van der Waals surface area contributed by atoms with Gasteiger partial charge in [0.1, 0.15) is 0 Å². The van der Waals surface area contributed by atoms with Gasteiger partial charge in [-0.05, 0) is 61.0 Å². The molecule has 0 radical (unpaired) electrons. The average molecular weight is 441 g/mol. The lowest BCUT2D eigenvalue weighted by molar-refractivity contribution is 0.102. The number of aryl methyl sites for hydroxylation is 1. The molecule has 0 saturated heterocycles. The molecule has 1 aromatic heterocycles. The molecule has 0 atom stereocenters. The largest absolute Gasteiger partial charge is 0.322 e. The molecular weight excluding hydrogens is 424 g/mol. The van der Waals surface area contributed by atoms with Gasteiger partial charge in [-0.2, -0.15) is 5.10 Å². The molecule has 0 bridgehead atoms. The van der Waals surface area contributed by atoms with Crippen LogP contribution in [0.1, 0.15) is 15.9 Å². The number of H-pyrrole nitrogens is 1. The SMILES string of the molecule is Cc1cccc(NS(=O)(=O)c2ccc(Cl)c(C(=O)Nc3ccc4[nH]ncc4c3)c2)c1. The number of aromatic amines is 1. The van der Waals surface area contributed by atoms with E-state index in [9.17, 15) is 13.2 Å². The molecule has 9 heteroatoms. The van der Waals surface area contributed by atoms with Crippen LogP contribution in [-0.2, 0) is 10.0 Å². The molecule has 1 amide bonds. The first-order valence-electron chi connectivity index (χ1n) is 8.95. The number of carbonyl (C=O) groups is 1. The Balaban J connectivity index is 1.61. The van der Waals surface area contributed by atoms with Gasteiger partial charge in [0.05, 0.1) is 27.2 Å². The molecule has 4 rings (SSSR count). The molecular formula is C21H17ClN4O3S. The van der Waals surface area contributed by atoms with Crippen LogP contribution in [0.5, 0.6) is 0 Å². The Labute approximate surface area is 178 Å². The number of benzene rings is 3. The van der Waals surface area contributed by atoms with Crippen LogP contribution >= 0.6 is 11.6 Å². The minimum absolute atomic E-state index is 0.0519. The van der Waals surface area contributed by atoms with Crippen LogP contribution in [0.15, 0.2) is 71.8 Å². The highest BCUT2D eigenvalue weighted by Crippen LogP contribution is 2.24. The van der Waals surface area contributed by atoms with E-state index in [1.807, 2.05) is 13.0 Å². The number of rotatable bonds is 5. The molecule has 7 nitrogen and oxygen atoms in total. The summed E-state index contributed by atoms with van der Waals surface area (Å²) in [6.07, 6.45) is 1.64. The van der Waals surface area contributed by atoms with Crippen LogP contribution in [0.3, 0.4) is 0 Å². The summed E-state index contributed by atoms with van der Waals surface area (Å²) in [5, 5.41) is 10.5. The Morgan fingerprint density at radius 3 is 2.67 bits per heavy atom. The highest BCUT2D eigenvalue weighted by atomic mass is 35.5. The second-order valence-electron chi connectivity index (χ2n) is 6.74. The highest BCUT2D eigenvalue weighted by Gasteiger charge is 2.19. The van der Waals surface area contributed by atoms with Crippen LogP contribution in [0.2, 0.25) is 5.02 Å². The Hall–Kier alpha value is -3.36. The van der Waals surface area contributed by atoms with Gasteiger partial charge in [-0.3, -0.25) is 14.6 Å². The van der Waals surface area contributed by atoms with Crippen molar-refractivity contribution in [2.45, 2.75) is 11.8 Å². The topological polar surface area (TPSA) is 104 Å². The number of amides is 1. The predicted octanol–water partition coefficient (Wildman–Crippen LogP) is 4.58. The predicted molar refractivity (Wildman–Crippen MR) is 117 cm³/mol. The van der Waals surface area contributed by atoms with Crippen molar-refractivity contribution >= 4 is 49.8 Å². The van der Waals surface area contributed by atoms with Gasteiger partial charge >= 0.3 is 0 Å². The van der Waals surface area contributed by atoms with Crippen molar-refractivity contribution < 1.29 is 13.2 Å². The van der Waals surface area contributed by atoms with E-state index < -0.39 is 15.9 Å². The lowest BCUT2D eigenvalue weighted by Crippen LogP contribution is -2.16. The fourth-order valence-electron chi connectivity index (χ4n) is 2.99. The zero-order chi connectivity index (χ0) is 21.3. The second kappa shape index (κ2) is 7.81. The van der Waals surface area contributed by atoms with E-state index in [0.717, 1.165) is 16.5 Å². The van der Waals surface area contributed by atoms with Crippen molar-refractivity contribution in [1.82, 2.24) is 10.2 Å². The lowest BCUT2D eigenvalue weighted by Gasteiger charge is -2.11. The number of anilines is 2. The monoisotopic (exact) mass is 440 g/mol. The summed E-state index contributed by atoms with van der Waals surface area (Å²) in [5.41, 5.74) is 2.78. The number of fused-ring (bicyclic) bond motifs is 1. The number of hydrogen-bond acceptors (Lipinski definition) is 4. The van der Waals surface area contributed by atoms with Crippen molar-refractivity contribution in [3.05, 3.63) is 83.0 Å². The fraction of sp³-hybridized carbons (Fsp3) is 0.0476. The maximum atomic E-state index is 12.8. The first-order valence-corrected chi connectivity index (χ1v) is 10.8. The van der Waals surface area contributed by atoms with E-state index in [-0.39, 0.29) is 15.5 Å². The molecule has 30 heavy (non-hydrogen) atoms. The summed E-state index contributed by atoms with van der Waals surface area (Å²) in [7, 11) is -3.90. The Morgan fingerprint density at radius 1 is 1.03 bits per heavy atom. The average Bonchev–Trinajstić information content (AvgIpc) is 3.15. The van der Waals surface area contributed by atoms with E-state index in [0.29, 0.717) is 11.4 Å². The molecule has 0 unspecified atom stereocenters. The smallest absolute Gasteiger partial charge is 0.261 e. The summed E-state index contributed by atoms with van der Waals surface area (Å²) < 4.78 is 28.1. The number of nitrogens with one attached hydrogen (secondary N) is 3. The molecule has 0 saturated carbocycles. The first kappa shape index (κ1) is 19.9. The molecule has 152 valence electrons. The van der Waals surface area contributed by atoms with Crippen LogP contribution in [0.25, 0.3) is 10.9 Å². The van der Waals surface area contributed by atoms with Gasteiger partial charge in [0.2, 0.25) is 0 Å². The van der Waals surface area contributed by atoms with Gasteiger partial charge < -0.3 is 5.32 Å². The number of sulfonamides is 1. The first-order chi connectivity index (χ1) is 14.3.